The van der Waals surface area contributed by atoms with Gasteiger partial charge in [-0.25, -0.2) is 4.79 Å². The summed E-state index contributed by atoms with van der Waals surface area (Å²) in [5.74, 6) is 0. The molecule has 0 aliphatic rings. The Balaban J connectivity index is 3.17. The third-order valence-corrected chi connectivity index (χ3v) is 1.15. The summed E-state index contributed by atoms with van der Waals surface area (Å²) in [6.07, 6.45) is 2.81. The van der Waals surface area contributed by atoms with Gasteiger partial charge in [0.05, 0.1) is 6.61 Å². The van der Waals surface area contributed by atoms with Crippen LogP contribution in [-0.4, -0.2) is 13.1 Å². The van der Waals surface area contributed by atoms with Gasteiger partial charge >= 0.3 is 6.47 Å². The Morgan fingerprint density at radius 3 is 2.89 bits per heavy atom. The van der Waals surface area contributed by atoms with E-state index in [1.54, 1.807) is 0 Å². The van der Waals surface area contributed by atoms with Crippen molar-refractivity contribution in [2.24, 2.45) is 0 Å². The standard InChI is InChI=1S/C7H11O2/c1-3-7(2)4-5-9-6-8/h3H,4-5H2,1-2H3. The molecule has 2 nitrogen and oxygen atoms in total. The second-order valence-corrected chi connectivity index (χ2v) is 1.82. The Kier molecular flexibility index (Phi) is 4.88. The van der Waals surface area contributed by atoms with Gasteiger partial charge < -0.3 is 4.74 Å². The van der Waals surface area contributed by atoms with Crippen molar-refractivity contribution in [2.75, 3.05) is 6.61 Å². The number of hydrogen-bond donors (Lipinski definition) is 0. The van der Waals surface area contributed by atoms with Crippen molar-refractivity contribution < 1.29 is 9.53 Å². The minimum Gasteiger partial charge on any atom is -0.457 e. The summed E-state index contributed by atoms with van der Waals surface area (Å²) in [5, 5.41) is 0. The van der Waals surface area contributed by atoms with Crippen LogP contribution >= 0.6 is 0 Å². The zero-order valence-corrected chi connectivity index (χ0v) is 5.81. The third kappa shape index (κ3) is 5.07. The Hall–Kier alpha value is -0.790. The van der Waals surface area contributed by atoms with E-state index < -0.39 is 0 Å². The summed E-state index contributed by atoms with van der Waals surface area (Å²) in [7, 11) is 0. The molecule has 0 aromatic rings. The van der Waals surface area contributed by atoms with E-state index in [9.17, 15) is 4.79 Å². The molecule has 0 aromatic carbocycles. The number of carbonyl (C=O) groups excluding carboxylic acids is 1. The van der Waals surface area contributed by atoms with Crippen LogP contribution in [0.1, 0.15) is 20.3 Å². The highest BCUT2D eigenvalue weighted by Crippen LogP contribution is 1.97. The van der Waals surface area contributed by atoms with Crippen LogP contribution in [0.2, 0.25) is 0 Å². The minimum atomic E-state index is 0.444. The summed E-state index contributed by atoms with van der Waals surface area (Å²) in [4.78, 5) is 9.51. The van der Waals surface area contributed by atoms with Crippen molar-refractivity contribution in [1.82, 2.24) is 0 Å². The van der Waals surface area contributed by atoms with E-state index in [0.717, 1.165) is 6.42 Å². The van der Waals surface area contributed by atoms with Crippen LogP contribution in [0.5, 0.6) is 0 Å². The number of ether oxygens (including phenoxy) is 1. The average molecular weight is 127 g/mol. The van der Waals surface area contributed by atoms with Crippen molar-refractivity contribution in [3.8, 4) is 0 Å². The van der Waals surface area contributed by atoms with Crippen LogP contribution in [0.15, 0.2) is 11.6 Å². The van der Waals surface area contributed by atoms with Gasteiger partial charge in [0.1, 0.15) is 0 Å². The van der Waals surface area contributed by atoms with Crippen LogP contribution < -0.4 is 0 Å². The summed E-state index contributed by atoms with van der Waals surface area (Å²) in [6, 6.07) is 0. The molecule has 1 radical (unpaired) electrons. The van der Waals surface area contributed by atoms with Gasteiger partial charge in [0.2, 0.25) is 0 Å². The molecule has 0 N–H and O–H groups in total. The van der Waals surface area contributed by atoms with Crippen molar-refractivity contribution >= 4 is 6.47 Å². The lowest BCUT2D eigenvalue weighted by Crippen LogP contribution is -1.91. The van der Waals surface area contributed by atoms with Crippen LogP contribution in [0.4, 0.5) is 0 Å². The van der Waals surface area contributed by atoms with E-state index in [1.165, 1.54) is 12.0 Å². The molecule has 0 fully saturated rings. The first-order valence-electron chi connectivity index (χ1n) is 2.92. The van der Waals surface area contributed by atoms with Gasteiger partial charge in [-0.1, -0.05) is 11.6 Å². The Morgan fingerprint density at radius 2 is 2.44 bits per heavy atom. The molecule has 51 valence electrons. The molecular weight excluding hydrogens is 116 g/mol. The molecular formula is C7H11O2. The maximum Gasteiger partial charge on any atom is 0.417 e. The SMILES string of the molecule is CC=C(C)CCO[C]=O. The summed E-state index contributed by atoms with van der Waals surface area (Å²) >= 11 is 0. The molecule has 0 aromatic heterocycles. The van der Waals surface area contributed by atoms with Crippen LogP contribution in [-0.2, 0) is 9.53 Å². The first kappa shape index (κ1) is 8.21. The average Bonchev–Trinajstić information content (AvgIpc) is 1.89. The molecule has 0 unspecified atom stereocenters. The molecule has 0 amide bonds. The topological polar surface area (TPSA) is 26.3 Å². The molecule has 0 saturated carbocycles. The smallest absolute Gasteiger partial charge is 0.417 e. The van der Waals surface area contributed by atoms with Crippen molar-refractivity contribution in [3.05, 3.63) is 11.6 Å². The fourth-order valence-electron chi connectivity index (χ4n) is 0.398. The van der Waals surface area contributed by atoms with Gasteiger partial charge in [-0.2, -0.15) is 0 Å². The van der Waals surface area contributed by atoms with Crippen LogP contribution in [0.25, 0.3) is 0 Å². The van der Waals surface area contributed by atoms with E-state index in [1.807, 2.05) is 19.9 Å². The van der Waals surface area contributed by atoms with E-state index >= 15 is 0 Å². The third-order valence-electron chi connectivity index (χ3n) is 1.15. The quantitative estimate of drug-likeness (QED) is 0.421. The Bertz CT molecular complexity index is 105. The lowest BCUT2D eigenvalue weighted by Gasteiger charge is -1.95. The Labute approximate surface area is 55.5 Å². The zero-order valence-electron chi connectivity index (χ0n) is 5.81. The summed E-state index contributed by atoms with van der Waals surface area (Å²) in [5.41, 5.74) is 1.23. The minimum absolute atomic E-state index is 0.444. The second kappa shape index (κ2) is 5.35. The summed E-state index contributed by atoms with van der Waals surface area (Å²) < 4.78 is 4.36. The highest BCUT2D eigenvalue weighted by molar-refractivity contribution is 5.38. The molecule has 0 saturated heterocycles. The first-order valence-corrected chi connectivity index (χ1v) is 2.92. The second-order valence-electron chi connectivity index (χ2n) is 1.82. The van der Waals surface area contributed by atoms with Crippen molar-refractivity contribution in [1.29, 1.82) is 0 Å². The molecule has 0 rings (SSSR count). The highest BCUT2D eigenvalue weighted by atomic mass is 16.5. The van der Waals surface area contributed by atoms with Gasteiger partial charge in [0.25, 0.3) is 0 Å². The maximum absolute atomic E-state index is 9.51. The zero-order chi connectivity index (χ0) is 7.11. The fraction of sp³-hybridized carbons (Fsp3) is 0.571. The molecule has 9 heavy (non-hydrogen) atoms. The highest BCUT2D eigenvalue weighted by Gasteiger charge is 1.87. The maximum atomic E-state index is 9.51. The fourth-order valence-corrected chi connectivity index (χ4v) is 0.398. The summed E-state index contributed by atoms with van der Waals surface area (Å²) in [6.45, 7) is 5.77. The normalized spacial score (nSPS) is 11.1. The predicted molar refractivity (Wildman–Crippen MR) is 35.7 cm³/mol. The molecule has 0 aliphatic carbocycles. The van der Waals surface area contributed by atoms with Gasteiger partial charge in [0.15, 0.2) is 0 Å². The van der Waals surface area contributed by atoms with Crippen LogP contribution in [0.3, 0.4) is 0 Å². The van der Waals surface area contributed by atoms with E-state index in [0.29, 0.717) is 6.61 Å². The lowest BCUT2D eigenvalue weighted by atomic mass is 10.2. The monoisotopic (exact) mass is 127 g/mol. The lowest BCUT2D eigenvalue weighted by molar-refractivity contribution is 0.281. The molecule has 2 heteroatoms. The van der Waals surface area contributed by atoms with Crippen molar-refractivity contribution in [2.45, 2.75) is 20.3 Å². The molecule has 0 spiro atoms. The van der Waals surface area contributed by atoms with Gasteiger partial charge in [-0.05, 0) is 13.8 Å². The largest absolute Gasteiger partial charge is 0.457 e. The molecule has 0 bridgehead atoms. The van der Waals surface area contributed by atoms with Gasteiger partial charge in [-0.3, -0.25) is 0 Å². The number of allylic oxidation sites excluding steroid dienone is 1. The molecule has 0 heterocycles. The Morgan fingerprint density at radius 1 is 1.78 bits per heavy atom. The predicted octanol–water partition coefficient (Wildman–Crippen LogP) is 1.43. The molecule has 0 atom stereocenters. The van der Waals surface area contributed by atoms with Gasteiger partial charge in [0, 0.05) is 6.42 Å². The number of hydrogen-bond acceptors (Lipinski definition) is 2. The van der Waals surface area contributed by atoms with Crippen LogP contribution in [0, 0.1) is 0 Å². The van der Waals surface area contributed by atoms with Gasteiger partial charge in [-0.15, -0.1) is 0 Å². The molecule has 0 aliphatic heterocycles. The van der Waals surface area contributed by atoms with E-state index in [4.69, 9.17) is 0 Å². The van der Waals surface area contributed by atoms with E-state index in [-0.39, 0.29) is 0 Å². The van der Waals surface area contributed by atoms with Crippen molar-refractivity contribution in [3.63, 3.8) is 0 Å². The first-order chi connectivity index (χ1) is 4.31. The van der Waals surface area contributed by atoms with E-state index in [2.05, 4.69) is 4.74 Å². The number of rotatable bonds is 4.